The summed E-state index contributed by atoms with van der Waals surface area (Å²) in [4.78, 5) is 14.6. The number of anilines is 1. The number of nitrogens with zero attached hydrogens (tertiary/aromatic N) is 1. The fourth-order valence-corrected chi connectivity index (χ4v) is 2.98. The number of amides is 1. The molecule has 4 nitrogen and oxygen atoms in total. The highest BCUT2D eigenvalue weighted by Gasteiger charge is 2.21. The van der Waals surface area contributed by atoms with E-state index < -0.39 is 6.10 Å². The number of aliphatic hydroxyl groups excluding tert-OH is 1. The van der Waals surface area contributed by atoms with Gasteiger partial charge in [0.25, 0.3) is 0 Å². The van der Waals surface area contributed by atoms with Gasteiger partial charge in [0, 0.05) is 12.2 Å². The zero-order valence-electron chi connectivity index (χ0n) is 16.2. The lowest BCUT2D eigenvalue weighted by Crippen LogP contribution is -2.43. The van der Waals surface area contributed by atoms with Crippen LogP contribution in [0.25, 0.3) is 0 Å². The minimum absolute atomic E-state index is 0.134. The van der Waals surface area contributed by atoms with Crippen LogP contribution in [0.1, 0.15) is 38.8 Å². The number of carbonyl (C=O) groups excluding carboxylic acids is 1. The Labute approximate surface area is 161 Å². The number of benzene rings is 2. The highest BCUT2D eigenvalue weighted by molar-refractivity contribution is 5.81. The minimum Gasteiger partial charge on any atom is -0.391 e. The van der Waals surface area contributed by atoms with Gasteiger partial charge < -0.3 is 15.3 Å². The van der Waals surface area contributed by atoms with Gasteiger partial charge in [-0.3, -0.25) is 4.79 Å². The smallest absolute Gasteiger partial charge is 0.240 e. The maximum atomic E-state index is 13.2. The molecule has 0 fully saturated rings. The van der Waals surface area contributed by atoms with Crippen molar-refractivity contribution < 1.29 is 14.3 Å². The van der Waals surface area contributed by atoms with Gasteiger partial charge in [-0.2, -0.15) is 0 Å². The monoisotopic (exact) mass is 372 g/mol. The van der Waals surface area contributed by atoms with E-state index in [0.717, 1.165) is 11.3 Å². The molecule has 2 rings (SSSR count). The van der Waals surface area contributed by atoms with Crippen LogP contribution in [-0.2, 0) is 4.79 Å². The Bertz CT molecular complexity index is 704. The van der Waals surface area contributed by atoms with Crippen molar-refractivity contribution in [1.29, 1.82) is 0 Å². The summed E-state index contributed by atoms with van der Waals surface area (Å²) < 4.78 is 13.2. The zero-order chi connectivity index (χ0) is 19.8. The fourth-order valence-electron chi connectivity index (χ4n) is 2.98. The number of nitrogens with one attached hydrogen (secondary N) is 1. The van der Waals surface area contributed by atoms with Crippen LogP contribution in [0.3, 0.4) is 0 Å². The van der Waals surface area contributed by atoms with E-state index in [4.69, 9.17) is 0 Å². The molecule has 27 heavy (non-hydrogen) atoms. The third-order valence-corrected chi connectivity index (χ3v) is 4.57. The lowest BCUT2D eigenvalue weighted by molar-refractivity contribution is -0.120. The summed E-state index contributed by atoms with van der Waals surface area (Å²) in [5, 5.41) is 13.1. The zero-order valence-corrected chi connectivity index (χ0v) is 16.2. The summed E-state index contributed by atoms with van der Waals surface area (Å²) in [6.45, 7) is 6.48. The highest BCUT2D eigenvalue weighted by Crippen LogP contribution is 2.22. The first-order chi connectivity index (χ1) is 12.9. The first kappa shape index (κ1) is 20.9. The number of para-hydroxylation sites is 1. The second kappa shape index (κ2) is 10.1. The van der Waals surface area contributed by atoms with Gasteiger partial charge in [0.05, 0.1) is 18.7 Å². The summed E-state index contributed by atoms with van der Waals surface area (Å²) in [6, 6.07) is 15.6. The maximum absolute atomic E-state index is 13.2. The van der Waals surface area contributed by atoms with E-state index in [1.165, 1.54) is 12.1 Å². The van der Waals surface area contributed by atoms with Gasteiger partial charge in [0.2, 0.25) is 5.91 Å². The lowest BCUT2D eigenvalue weighted by Gasteiger charge is -2.29. The van der Waals surface area contributed by atoms with Crippen molar-refractivity contribution in [2.75, 3.05) is 18.0 Å². The van der Waals surface area contributed by atoms with Gasteiger partial charge in [-0.1, -0.05) is 51.1 Å². The van der Waals surface area contributed by atoms with Crippen LogP contribution < -0.4 is 10.2 Å². The maximum Gasteiger partial charge on any atom is 0.240 e. The number of hydrogen-bond acceptors (Lipinski definition) is 3. The number of hydrogen-bond donors (Lipinski definition) is 2. The Morgan fingerprint density at radius 2 is 1.74 bits per heavy atom. The Balaban J connectivity index is 2.11. The van der Waals surface area contributed by atoms with Crippen molar-refractivity contribution in [2.24, 2.45) is 5.92 Å². The Morgan fingerprint density at radius 3 is 2.30 bits per heavy atom. The fraction of sp³-hybridized carbons (Fsp3) is 0.409. The van der Waals surface area contributed by atoms with Crippen LogP contribution in [0.15, 0.2) is 54.6 Å². The molecular formula is C22H29FN2O2. The molecule has 0 spiro atoms. The molecular weight excluding hydrogens is 343 g/mol. The molecule has 2 N–H and O–H groups in total. The second-order valence-electron chi connectivity index (χ2n) is 7.12. The van der Waals surface area contributed by atoms with Gasteiger partial charge >= 0.3 is 0 Å². The highest BCUT2D eigenvalue weighted by atomic mass is 19.1. The SMILES string of the molecule is CCC(O)CN(CC(=O)NC(c1ccc(F)cc1)C(C)C)c1ccccc1. The Kier molecular flexibility index (Phi) is 7.80. The van der Waals surface area contributed by atoms with E-state index in [0.29, 0.717) is 13.0 Å². The van der Waals surface area contributed by atoms with Crippen LogP contribution in [0.2, 0.25) is 0 Å². The number of halogens is 1. The molecule has 0 aliphatic heterocycles. The number of aliphatic hydroxyl groups is 1. The molecule has 0 aromatic heterocycles. The normalized spacial score (nSPS) is 13.3. The van der Waals surface area contributed by atoms with E-state index >= 15 is 0 Å². The second-order valence-corrected chi connectivity index (χ2v) is 7.12. The van der Waals surface area contributed by atoms with Crippen molar-refractivity contribution in [3.8, 4) is 0 Å². The molecule has 0 aliphatic rings. The van der Waals surface area contributed by atoms with E-state index in [2.05, 4.69) is 5.32 Å². The Morgan fingerprint density at radius 1 is 1.11 bits per heavy atom. The molecule has 2 unspecified atom stereocenters. The largest absolute Gasteiger partial charge is 0.391 e. The van der Waals surface area contributed by atoms with E-state index in [1.807, 2.05) is 56.0 Å². The number of rotatable bonds is 9. The van der Waals surface area contributed by atoms with E-state index in [9.17, 15) is 14.3 Å². The topological polar surface area (TPSA) is 52.6 Å². The summed E-state index contributed by atoms with van der Waals surface area (Å²) in [5.41, 5.74) is 1.77. The first-order valence-corrected chi connectivity index (χ1v) is 9.43. The third kappa shape index (κ3) is 6.36. The molecule has 2 aromatic carbocycles. The van der Waals surface area contributed by atoms with Crippen molar-refractivity contribution in [3.05, 3.63) is 66.0 Å². The average Bonchev–Trinajstić information content (AvgIpc) is 2.66. The van der Waals surface area contributed by atoms with E-state index in [-0.39, 0.29) is 30.2 Å². The lowest BCUT2D eigenvalue weighted by atomic mass is 9.96. The third-order valence-electron chi connectivity index (χ3n) is 4.57. The molecule has 0 aliphatic carbocycles. The summed E-state index contributed by atoms with van der Waals surface area (Å²) >= 11 is 0. The first-order valence-electron chi connectivity index (χ1n) is 9.43. The molecule has 0 saturated heterocycles. The standard InChI is InChI=1S/C22H29FN2O2/c1-4-20(26)14-25(19-8-6-5-7-9-19)15-21(27)24-22(16(2)3)17-10-12-18(23)13-11-17/h5-13,16,20,22,26H,4,14-15H2,1-3H3,(H,24,27). The average molecular weight is 372 g/mol. The van der Waals surface area contributed by atoms with Gasteiger partial charge in [0.15, 0.2) is 0 Å². The van der Waals surface area contributed by atoms with Crippen molar-refractivity contribution >= 4 is 11.6 Å². The summed E-state index contributed by atoms with van der Waals surface area (Å²) in [5.74, 6) is -0.271. The molecule has 5 heteroatoms. The van der Waals surface area contributed by atoms with Crippen LogP contribution in [0, 0.1) is 11.7 Å². The van der Waals surface area contributed by atoms with Crippen molar-refractivity contribution in [1.82, 2.24) is 5.32 Å². The summed E-state index contributed by atoms with van der Waals surface area (Å²) in [6.07, 6.45) is 0.116. The van der Waals surface area contributed by atoms with Crippen LogP contribution in [0.5, 0.6) is 0 Å². The molecule has 146 valence electrons. The summed E-state index contributed by atoms with van der Waals surface area (Å²) in [7, 11) is 0. The molecule has 0 radical (unpaired) electrons. The predicted octanol–water partition coefficient (Wildman–Crippen LogP) is 3.92. The van der Waals surface area contributed by atoms with Crippen molar-refractivity contribution in [3.63, 3.8) is 0 Å². The minimum atomic E-state index is -0.504. The number of carbonyl (C=O) groups is 1. The molecule has 0 heterocycles. The van der Waals surface area contributed by atoms with Crippen LogP contribution in [0.4, 0.5) is 10.1 Å². The molecule has 1 amide bonds. The molecule has 0 bridgehead atoms. The van der Waals surface area contributed by atoms with Crippen molar-refractivity contribution in [2.45, 2.75) is 39.3 Å². The molecule has 2 aromatic rings. The Hall–Kier alpha value is -2.40. The molecule has 2 atom stereocenters. The van der Waals surface area contributed by atoms with Gasteiger partial charge in [-0.05, 0) is 42.2 Å². The van der Waals surface area contributed by atoms with Gasteiger partial charge in [-0.15, -0.1) is 0 Å². The van der Waals surface area contributed by atoms with E-state index in [1.54, 1.807) is 12.1 Å². The van der Waals surface area contributed by atoms with Gasteiger partial charge in [-0.25, -0.2) is 4.39 Å². The van der Waals surface area contributed by atoms with Crippen LogP contribution >= 0.6 is 0 Å². The molecule has 0 saturated carbocycles. The van der Waals surface area contributed by atoms with Crippen LogP contribution in [-0.4, -0.2) is 30.2 Å². The quantitative estimate of drug-likeness (QED) is 0.702. The van der Waals surface area contributed by atoms with Gasteiger partial charge in [0.1, 0.15) is 5.82 Å². The predicted molar refractivity (Wildman–Crippen MR) is 107 cm³/mol.